The van der Waals surface area contributed by atoms with E-state index in [4.69, 9.17) is 5.73 Å². The van der Waals surface area contributed by atoms with E-state index in [1.54, 1.807) is 30.3 Å². The quantitative estimate of drug-likeness (QED) is 0.850. The lowest BCUT2D eigenvalue weighted by molar-refractivity contribution is 0.599. The predicted octanol–water partition coefficient (Wildman–Crippen LogP) is 2.26. The highest BCUT2D eigenvalue weighted by Crippen LogP contribution is 2.18. The molecular formula is C13H11FN2O2S2. The van der Waals surface area contributed by atoms with Crippen molar-refractivity contribution >= 4 is 32.9 Å². The van der Waals surface area contributed by atoms with Crippen molar-refractivity contribution in [3.8, 4) is 0 Å². The number of para-hydroxylation sites is 1. The first-order valence-corrected chi connectivity index (χ1v) is 7.46. The van der Waals surface area contributed by atoms with Crippen LogP contribution in [0.4, 0.5) is 10.1 Å². The van der Waals surface area contributed by atoms with Crippen molar-refractivity contribution in [2.75, 3.05) is 4.72 Å². The number of anilines is 1. The van der Waals surface area contributed by atoms with Gasteiger partial charge in [0.05, 0.1) is 4.90 Å². The number of benzene rings is 2. The first-order chi connectivity index (χ1) is 9.40. The lowest BCUT2D eigenvalue weighted by Crippen LogP contribution is -2.16. The third-order valence-corrected chi connectivity index (χ3v) is 4.14. The van der Waals surface area contributed by atoms with Gasteiger partial charge in [-0.2, -0.15) is 0 Å². The van der Waals surface area contributed by atoms with Crippen LogP contribution in [0.1, 0.15) is 5.56 Å². The number of nitrogens with two attached hydrogens (primary N) is 1. The molecule has 0 aliphatic heterocycles. The van der Waals surface area contributed by atoms with E-state index in [0.29, 0.717) is 5.69 Å². The summed E-state index contributed by atoms with van der Waals surface area (Å²) in [6, 6.07) is 11.7. The molecule has 2 aromatic rings. The largest absolute Gasteiger partial charge is 0.389 e. The third kappa shape index (κ3) is 3.12. The number of rotatable bonds is 4. The number of hydrogen-bond donors (Lipinski definition) is 2. The molecule has 0 amide bonds. The molecule has 0 aliphatic rings. The molecule has 0 heterocycles. The lowest BCUT2D eigenvalue weighted by atomic mass is 10.2. The fourth-order valence-electron chi connectivity index (χ4n) is 1.58. The van der Waals surface area contributed by atoms with E-state index in [1.165, 1.54) is 0 Å². The lowest BCUT2D eigenvalue weighted by Gasteiger charge is -2.09. The van der Waals surface area contributed by atoms with Gasteiger partial charge in [0.2, 0.25) is 0 Å². The summed E-state index contributed by atoms with van der Waals surface area (Å²) in [6.45, 7) is 0. The standard InChI is InChI=1S/C13H11FN2O2S2/c14-12-7-6-10(8-11(12)13(15)19)20(17,18)16-9-4-2-1-3-5-9/h1-8,16H,(H2,15,19). The van der Waals surface area contributed by atoms with Gasteiger partial charge in [-0.1, -0.05) is 30.4 Å². The summed E-state index contributed by atoms with van der Waals surface area (Å²) in [4.78, 5) is -0.301. The molecule has 7 heteroatoms. The molecule has 0 bridgehead atoms. The van der Waals surface area contributed by atoms with Crippen LogP contribution in [0.15, 0.2) is 53.4 Å². The van der Waals surface area contributed by atoms with Gasteiger partial charge in [-0.15, -0.1) is 0 Å². The maximum atomic E-state index is 13.5. The molecule has 2 rings (SSSR count). The number of thiocarbonyl (C=S) groups is 1. The highest BCUT2D eigenvalue weighted by Gasteiger charge is 2.17. The van der Waals surface area contributed by atoms with Crippen molar-refractivity contribution in [3.05, 3.63) is 59.9 Å². The highest BCUT2D eigenvalue weighted by molar-refractivity contribution is 7.92. The molecule has 0 saturated heterocycles. The summed E-state index contributed by atoms with van der Waals surface area (Å²) < 4.78 is 40.2. The number of nitrogens with one attached hydrogen (secondary N) is 1. The van der Waals surface area contributed by atoms with E-state index in [9.17, 15) is 12.8 Å². The van der Waals surface area contributed by atoms with Gasteiger partial charge in [-0.25, -0.2) is 12.8 Å². The Hall–Kier alpha value is -1.99. The number of sulfonamides is 1. The van der Waals surface area contributed by atoms with E-state index >= 15 is 0 Å². The second-order valence-corrected chi connectivity index (χ2v) is 6.10. The topological polar surface area (TPSA) is 72.2 Å². The zero-order chi connectivity index (χ0) is 14.8. The molecule has 20 heavy (non-hydrogen) atoms. The van der Waals surface area contributed by atoms with Gasteiger partial charge in [0.1, 0.15) is 10.8 Å². The Balaban J connectivity index is 2.40. The van der Waals surface area contributed by atoms with E-state index < -0.39 is 15.8 Å². The average Bonchev–Trinajstić information content (AvgIpc) is 2.39. The maximum absolute atomic E-state index is 13.5. The van der Waals surface area contributed by atoms with Gasteiger partial charge >= 0.3 is 0 Å². The minimum Gasteiger partial charge on any atom is -0.389 e. The Morgan fingerprint density at radius 1 is 1.15 bits per heavy atom. The minimum atomic E-state index is -3.82. The van der Waals surface area contributed by atoms with E-state index in [-0.39, 0.29) is 15.4 Å². The van der Waals surface area contributed by atoms with Crippen LogP contribution in [0.2, 0.25) is 0 Å². The van der Waals surface area contributed by atoms with Crippen LogP contribution in [-0.4, -0.2) is 13.4 Å². The molecule has 4 nitrogen and oxygen atoms in total. The Labute approximate surface area is 121 Å². The molecule has 0 aromatic heterocycles. The first kappa shape index (κ1) is 14.4. The zero-order valence-corrected chi connectivity index (χ0v) is 11.8. The van der Waals surface area contributed by atoms with Gasteiger partial charge in [0, 0.05) is 11.3 Å². The number of hydrogen-bond acceptors (Lipinski definition) is 3. The Bertz CT molecular complexity index is 746. The SMILES string of the molecule is NC(=S)c1cc(S(=O)(=O)Nc2ccccc2)ccc1F. The van der Waals surface area contributed by atoms with Crippen LogP contribution in [0.25, 0.3) is 0 Å². The molecule has 0 aliphatic carbocycles. The van der Waals surface area contributed by atoms with Crippen LogP contribution < -0.4 is 10.5 Å². The third-order valence-electron chi connectivity index (χ3n) is 2.54. The van der Waals surface area contributed by atoms with Crippen molar-refractivity contribution in [1.82, 2.24) is 0 Å². The molecule has 0 radical (unpaired) electrons. The smallest absolute Gasteiger partial charge is 0.261 e. The van der Waals surface area contributed by atoms with Gasteiger partial charge in [-0.05, 0) is 30.3 Å². The van der Waals surface area contributed by atoms with Gasteiger partial charge < -0.3 is 5.73 Å². The van der Waals surface area contributed by atoms with Crippen LogP contribution in [0.5, 0.6) is 0 Å². The maximum Gasteiger partial charge on any atom is 0.261 e. The molecule has 0 atom stereocenters. The average molecular weight is 310 g/mol. The zero-order valence-electron chi connectivity index (χ0n) is 10.2. The van der Waals surface area contributed by atoms with Crippen LogP contribution in [-0.2, 0) is 10.0 Å². The van der Waals surface area contributed by atoms with Crippen LogP contribution >= 0.6 is 12.2 Å². The molecule has 104 valence electrons. The molecular weight excluding hydrogens is 299 g/mol. The second-order valence-electron chi connectivity index (χ2n) is 3.98. The molecule has 0 fully saturated rings. The predicted molar refractivity (Wildman–Crippen MR) is 79.5 cm³/mol. The molecule has 0 spiro atoms. The summed E-state index contributed by atoms with van der Waals surface area (Å²) in [6.07, 6.45) is 0. The van der Waals surface area contributed by atoms with Gasteiger partial charge in [0.15, 0.2) is 0 Å². The summed E-state index contributed by atoms with van der Waals surface area (Å²) >= 11 is 4.68. The van der Waals surface area contributed by atoms with Gasteiger partial charge in [0.25, 0.3) is 10.0 Å². The number of halogens is 1. The van der Waals surface area contributed by atoms with Crippen molar-refractivity contribution in [2.24, 2.45) is 5.73 Å². The molecule has 2 aromatic carbocycles. The Morgan fingerprint density at radius 2 is 1.80 bits per heavy atom. The summed E-state index contributed by atoms with van der Waals surface area (Å²) in [5.41, 5.74) is 5.67. The summed E-state index contributed by atoms with van der Waals surface area (Å²) in [5, 5.41) is 0. The second kappa shape index (κ2) is 5.56. The minimum absolute atomic E-state index is 0.101. The first-order valence-electron chi connectivity index (χ1n) is 5.57. The van der Waals surface area contributed by atoms with E-state index in [1.807, 2.05) is 0 Å². The molecule has 3 N–H and O–H groups in total. The summed E-state index contributed by atoms with van der Waals surface area (Å²) in [5.74, 6) is -0.656. The normalized spacial score (nSPS) is 11.1. The Morgan fingerprint density at radius 3 is 2.40 bits per heavy atom. The molecule has 0 saturated carbocycles. The van der Waals surface area contributed by atoms with Crippen molar-refractivity contribution < 1.29 is 12.8 Å². The van der Waals surface area contributed by atoms with E-state index in [2.05, 4.69) is 16.9 Å². The monoisotopic (exact) mass is 310 g/mol. The fourth-order valence-corrected chi connectivity index (χ4v) is 2.82. The highest BCUT2D eigenvalue weighted by atomic mass is 32.2. The summed E-state index contributed by atoms with van der Waals surface area (Å²) in [7, 11) is -3.82. The van der Waals surface area contributed by atoms with Crippen molar-refractivity contribution in [3.63, 3.8) is 0 Å². The molecule has 0 unspecified atom stereocenters. The van der Waals surface area contributed by atoms with Crippen LogP contribution in [0, 0.1) is 5.82 Å². The van der Waals surface area contributed by atoms with Crippen molar-refractivity contribution in [1.29, 1.82) is 0 Å². The van der Waals surface area contributed by atoms with Gasteiger partial charge in [-0.3, -0.25) is 4.72 Å². The van der Waals surface area contributed by atoms with E-state index in [0.717, 1.165) is 18.2 Å². The van der Waals surface area contributed by atoms with Crippen molar-refractivity contribution in [2.45, 2.75) is 4.90 Å². The Kier molecular flexibility index (Phi) is 4.01. The fraction of sp³-hybridized carbons (Fsp3) is 0. The van der Waals surface area contributed by atoms with Crippen LogP contribution in [0.3, 0.4) is 0 Å².